The quantitative estimate of drug-likeness (QED) is 0.359. The molecule has 0 aliphatic carbocycles. The van der Waals surface area contributed by atoms with Gasteiger partial charge in [-0.05, 0) is 62.7 Å². The molecule has 0 aromatic heterocycles. The van der Waals surface area contributed by atoms with Crippen LogP contribution in [-0.4, -0.2) is 23.4 Å². The van der Waals surface area contributed by atoms with Gasteiger partial charge in [0.25, 0.3) is 0 Å². The molecule has 2 aromatic rings. The molecule has 1 unspecified atom stereocenters. The van der Waals surface area contributed by atoms with Gasteiger partial charge in [-0.25, -0.2) is 4.39 Å². The number of halogens is 7. The number of hydrogen-bond donors (Lipinski definition) is 1. The van der Waals surface area contributed by atoms with Crippen molar-refractivity contribution >= 4 is 11.8 Å². The van der Waals surface area contributed by atoms with Gasteiger partial charge in [0.1, 0.15) is 17.5 Å². The molecule has 0 saturated heterocycles. The lowest BCUT2D eigenvalue weighted by Crippen LogP contribution is -2.39. The fourth-order valence-electron chi connectivity index (χ4n) is 2.82. The monoisotopic (exact) mass is 479 g/mol. The number of carbonyl (C=O) groups excluding carboxylic acids is 2. The molecule has 11 heteroatoms. The standard InChI is InChI=1S/C22H20F7NO3/c1-20(2,3)33-19(32)17(30)9-12-6-11(4-5-16(12)23)18(31)13-7-14(21(24,25)26)10-15(8-13)22(27,28)29/h4-8,10,17H,9,30H2,1-3H3. The lowest BCUT2D eigenvalue weighted by atomic mass is 9.95. The van der Waals surface area contributed by atoms with Crippen molar-refractivity contribution in [2.75, 3.05) is 0 Å². The van der Waals surface area contributed by atoms with Crippen molar-refractivity contribution in [1.82, 2.24) is 0 Å². The molecule has 0 amide bonds. The van der Waals surface area contributed by atoms with E-state index in [9.17, 15) is 40.3 Å². The average molecular weight is 479 g/mol. The predicted molar refractivity (Wildman–Crippen MR) is 104 cm³/mol. The summed E-state index contributed by atoms with van der Waals surface area (Å²) < 4.78 is 97.7. The number of benzene rings is 2. The van der Waals surface area contributed by atoms with Crippen LogP contribution in [0.4, 0.5) is 30.7 Å². The summed E-state index contributed by atoms with van der Waals surface area (Å²) in [7, 11) is 0. The Bertz CT molecular complexity index is 1020. The number of rotatable bonds is 5. The van der Waals surface area contributed by atoms with Crippen molar-refractivity contribution in [3.05, 3.63) is 70.0 Å². The Morgan fingerprint density at radius 1 is 0.879 bits per heavy atom. The molecule has 33 heavy (non-hydrogen) atoms. The van der Waals surface area contributed by atoms with Crippen molar-refractivity contribution in [1.29, 1.82) is 0 Å². The Morgan fingerprint density at radius 2 is 1.39 bits per heavy atom. The second-order valence-electron chi connectivity index (χ2n) is 8.27. The van der Waals surface area contributed by atoms with Gasteiger partial charge in [0, 0.05) is 17.5 Å². The number of alkyl halides is 6. The van der Waals surface area contributed by atoms with Gasteiger partial charge < -0.3 is 10.5 Å². The molecule has 0 spiro atoms. The summed E-state index contributed by atoms with van der Waals surface area (Å²) in [6, 6.07) is 1.79. The predicted octanol–water partition coefficient (Wildman–Crippen LogP) is 5.31. The van der Waals surface area contributed by atoms with Crippen LogP contribution in [0.5, 0.6) is 0 Å². The fraction of sp³-hybridized carbons (Fsp3) is 0.364. The summed E-state index contributed by atoms with van der Waals surface area (Å²) in [6.07, 6.45) is -10.7. The maximum atomic E-state index is 14.2. The molecule has 0 aliphatic heterocycles. The second-order valence-corrected chi connectivity index (χ2v) is 8.27. The highest BCUT2D eigenvalue weighted by Crippen LogP contribution is 2.36. The normalized spacial score (nSPS) is 13.5. The third-order valence-electron chi connectivity index (χ3n) is 4.31. The molecule has 180 valence electrons. The minimum absolute atomic E-state index is 0.104. The van der Waals surface area contributed by atoms with Crippen molar-refractivity contribution in [2.24, 2.45) is 5.73 Å². The highest BCUT2D eigenvalue weighted by Gasteiger charge is 2.37. The van der Waals surface area contributed by atoms with E-state index in [1.807, 2.05) is 0 Å². The molecule has 0 bridgehead atoms. The zero-order chi connectivity index (χ0) is 25.4. The van der Waals surface area contributed by atoms with E-state index in [1.54, 1.807) is 20.8 Å². The molecular formula is C22H20F7NO3. The first-order valence-electron chi connectivity index (χ1n) is 9.49. The van der Waals surface area contributed by atoms with Gasteiger partial charge in [0.2, 0.25) is 0 Å². The summed E-state index contributed by atoms with van der Waals surface area (Å²) in [5.74, 6) is -2.92. The number of ketones is 1. The number of nitrogens with two attached hydrogens (primary N) is 1. The maximum Gasteiger partial charge on any atom is 0.416 e. The van der Waals surface area contributed by atoms with Crippen LogP contribution in [0.1, 0.15) is 53.4 Å². The molecule has 0 aliphatic rings. The van der Waals surface area contributed by atoms with Crippen LogP contribution in [0.15, 0.2) is 36.4 Å². The van der Waals surface area contributed by atoms with Crippen LogP contribution in [-0.2, 0) is 28.3 Å². The van der Waals surface area contributed by atoms with E-state index in [1.165, 1.54) is 0 Å². The first-order chi connectivity index (χ1) is 14.9. The number of ether oxygens (including phenoxy) is 1. The van der Waals surface area contributed by atoms with Gasteiger partial charge in [-0.2, -0.15) is 26.3 Å². The minimum Gasteiger partial charge on any atom is -0.459 e. The van der Waals surface area contributed by atoms with Gasteiger partial charge in [-0.3, -0.25) is 9.59 Å². The summed E-state index contributed by atoms with van der Waals surface area (Å²) >= 11 is 0. The Balaban J connectivity index is 2.42. The molecule has 2 rings (SSSR count). The molecule has 0 fully saturated rings. The largest absolute Gasteiger partial charge is 0.459 e. The van der Waals surface area contributed by atoms with Crippen molar-refractivity contribution in [3.8, 4) is 0 Å². The van der Waals surface area contributed by atoms with Crippen LogP contribution < -0.4 is 5.73 Å². The molecule has 2 aromatic carbocycles. The molecule has 0 saturated carbocycles. The first kappa shape index (κ1) is 26.3. The Morgan fingerprint density at radius 3 is 1.85 bits per heavy atom. The third kappa shape index (κ3) is 7.01. The van der Waals surface area contributed by atoms with E-state index in [0.717, 1.165) is 18.2 Å². The van der Waals surface area contributed by atoms with Crippen molar-refractivity contribution in [2.45, 2.75) is 51.2 Å². The van der Waals surface area contributed by atoms with E-state index in [2.05, 4.69) is 0 Å². The highest BCUT2D eigenvalue weighted by atomic mass is 19.4. The smallest absolute Gasteiger partial charge is 0.416 e. The molecule has 2 N–H and O–H groups in total. The Kier molecular flexibility index (Phi) is 7.27. The van der Waals surface area contributed by atoms with Gasteiger partial charge in [0.15, 0.2) is 5.78 Å². The third-order valence-corrected chi connectivity index (χ3v) is 4.31. The topological polar surface area (TPSA) is 69.4 Å². The zero-order valence-electron chi connectivity index (χ0n) is 17.7. The SMILES string of the molecule is CC(C)(C)OC(=O)C(N)Cc1cc(C(=O)c2cc(C(F)(F)F)cc(C(F)(F)F)c2)ccc1F. The highest BCUT2D eigenvalue weighted by molar-refractivity contribution is 6.09. The van der Waals surface area contributed by atoms with E-state index in [4.69, 9.17) is 10.5 Å². The van der Waals surface area contributed by atoms with E-state index in [0.29, 0.717) is 0 Å². The lowest BCUT2D eigenvalue weighted by Gasteiger charge is -2.22. The fourth-order valence-corrected chi connectivity index (χ4v) is 2.82. The summed E-state index contributed by atoms with van der Waals surface area (Å²) in [6.45, 7) is 4.76. The van der Waals surface area contributed by atoms with Gasteiger partial charge in [-0.15, -0.1) is 0 Å². The van der Waals surface area contributed by atoms with Crippen LogP contribution in [0, 0.1) is 5.82 Å². The maximum absolute atomic E-state index is 14.2. The van der Waals surface area contributed by atoms with Crippen LogP contribution in [0.25, 0.3) is 0 Å². The number of carbonyl (C=O) groups is 2. The molecule has 0 heterocycles. The van der Waals surface area contributed by atoms with Crippen molar-refractivity contribution < 1.29 is 45.1 Å². The van der Waals surface area contributed by atoms with E-state index < -0.39 is 64.7 Å². The molecule has 4 nitrogen and oxygen atoms in total. The van der Waals surface area contributed by atoms with Crippen molar-refractivity contribution in [3.63, 3.8) is 0 Å². The Labute approximate surface area is 184 Å². The number of esters is 1. The minimum atomic E-state index is -5.13. The van der Waals surface area contributed by atoms with E-state index in [-0.39, 0.29) is 29.3 Å². The molecular weight excluding hydrogens is 459 g/mol. The van der Waals surface area contributed by atoms with E-state index >= 15 is 0 Å². The summed E-state index contributed by atoms with van der Waals surface area (Å²) in [5.41, 5.74) is 0.0401. The average Bonchev–Trinajstić information content (AvgIpc) is 2.66. The Hall–Kier alpha value is -2.95. The van der Waals surface area contributed by atoms with Crippen LogP contribution in [0.2, 0.25) is 0 Å². The molecule has 0 radical (unpaired) electrons. The second kappa shape index (κ2) is 9.12. The van der Waals surface area contributed by atoms with Gasteiger partial charge >= 0.3 is 18.3 Å². The van der Waals surface area contributed by atoms with Gasteiger partial charge in [0.05, 0.1) is 11.1 Å². The van der Waals surface area contributed by atoms with Crippen LogP contribution in [0.3, 0.4) is 0 Å². The zero-order valence-corrected chi connectivity index (χ0v) is 17.7. The number of hydrogen-bond acceptors (Lipinski definition) is 4. The van der Waals surface area contributed by atoms with Gasteiger partial charge in [-0.1, -0.05) is 0 Å². The summed E-state index contributed by atoms with van der Waals surface area (Å²) in [4.78, 5) is 24.7. The lowest BCUT2D eigenvalue weighted by molar-refractivity contribution is -0.156. The molecule has 1 atom stereocenters. The van der Waals surface area contributed by atoms with Crippen LogP contribution >= 0.6 is 0 Å². The first-order valence-corrected chi connectivity index (χ1v) is 9.49. The summed E-state index contributed by atoms with van der Waals surface area (Å²) in [5, 5.41) is 0.